The van der Waals surface area contributed by atoms with Crippen molar-refractivity contribution in [3.8, 4) is 6.07 Å². The summed E-state index contributed by atoms with van der Waals surface area (Å²) >= 11 is 0. The second-order valence-electron chi connectivity index (χ2n) is 4.89. The molecule has 1 aromatic carbocycles. The molecule has 2 rings (SSSR count). The first kappa shape index (κ1) is 14.0. The van der Waals surface area contributed by atoms with Gasteiger partial charge < -0.3 is 4.74 Å². The van der Waals surface area contributed by atoms with Crippen LogP contribution in [0.15, 0.2) is 18.2 Å². The van der Waals surface area contributed by atoms with Crippen LogP contribution >= 0.6 is 0 Å². The van der Waals surface area contributed by atoms with E-state index in [2.05, 4.69) is 11.8 Å². The van der Waals surface area contributed by atoms with Gasteiger partial charge in [-0.15, -0.1) is 0 Å². The predicted octanol–water partition coefficient (Wildman–Crippen LogP) is 2.70. The van der Waals surface area contributed by atoms with Crippen LogP contribution in [-0.4, -0.2) is 30.7 Å². The molecule has 1 unspecified atom stereocenters. The third-order valence-corrected chi connectivity index (χ3v) is 3.49. The number of nitrogens with zero attached hydrogens (tertiary/aromatic N) is 2. The quantitative estimate of drug-likeness (QED) is 0.818. The number of hydrogen-bond donors (Lipinski definition) is 0. The van der Waals surface area contributed by atoms with Gasteiger partial charge in [-0.1, -0.05) is 13.0 Å². The van der Waals surface area contributed by atoms with Crippen LogP contribution in [0.25, 0.3) is 0 Å². The van der Waals surface area contributed by atoms with Gasteiger partial charge in [0.2, 0.25) is 0 Å². The Kier molecular flexibility index (Phi) is 4.89. The van der Waals surface area contributed by atoms with E-state index in [4.69, 9.17) is 10.00 Å². The second-order valence-corrected chi connectivity index (χ2v) is 4.89. The van der Waals surface area contributed by atoms with E-state index in [1.807, 2.05) is 6.07 Å². The Hall–Kier alpha value is -1.44. The number of halogens is 1. The van der Waals surface area contributed by atoms with Crippen LogP contribution in [0, 0.1) is 17.1 Å². The summed E-state index contributed by atoms with van der Waals surface area (Å²) in [6.07, 6.45) is 2.57. The summed E-state index contributed by atoms with van der Waals surface area (Å²) in [7, 11) is 0. The van der Waals surface area contributed by atoms with Gasteiger partial charge in [-0.25, -0.2) is 4.39 Å². The number of ether oxygens (including phenoxy) is 1. The van der Waals surface area contributed by atoms with Crippen LogP contribution < -0.4 is 0 Å². The van der Waals surface area contributed by atoms with E-state index in [0.717, 1.165) is 44.6 Å². The van der Waals surface area contributed by atoms with Crippen molar-refractivity contribution in [2.24, 2.45) is 0 Å². The van der Waals surface area contributed by atoms with E-state index in [1.54, 1.807) is 12.1 Å². The fourth-order valence-corrected chi connectivity index (χ4v) is 2.40. The maximum atomic E-state index is 13.3. The molecule has 1 aromatic rings. The van der Waals surface area contributed by atoms with Crippen molar-refractivity contribution in [2.45, 2.75) is 32.4 Å². The van der Waals surface area contributed by atoms with Gasteiger partial charge in [-0.05, 0) is 37.1 Å². The van der Waals surface area contributed by atoms with Crippen LogP contribution in [-0.2, 0) is 11.3 Å². The zero-order chi connectivity index (χ0) is 13.7. The molecular formula is C15H19FN2O. The van der Waals surface area contributed by atoms with Crippen LogP contribution in [0.1, 0.15) is 30.9 Å². The van der Waals surface area contributed by atoms with E-state index in [9.17, 15) is 4.39 Å². The fourth-order valence-electron chi connectivity index (χ4n) is 2.40. The van der Waals surface area contributed by atoms with E-state index >= 15 is 0 Å². The molecule has 4 heteroatoms. The number of rotatable bonds is 5. The maximum absolute atomic E-state index is 13.3. The molecule has 0 bridgehead atoms. The van der Waals surface area contributed by atoms with Gasteiger partial charge in [0.25, 0.3) is 0 Å². The van der Waals surface area contributed by atoms with Crippen molar-refractivity contribution in [3.63, 3.8) is 0 Å². The Morgan fingerprint density at radius 3 is 3.00 bits per heavy atom. The minimum Gasteiger partial charge on any atom is -0.377 e. The molecule has 1 atom stereocenters. The zero-order valence-electron chi connectivity index (χ0n) is 11.2. The van der Waals surface area contributed by atoms with Gasteiger partial charge in [0.05, 0.1) is 11.7 Å². The van der Waals surface area contributed by atoms with Crippen molar-refractivity contribution < 1.29 is 9.13 Å². The summed E-state index contributed by atoms with van der Waals surface area (Å²) in [6, 6.07) is 6.63. The molecule has 3 nitrogen and oxygen atoms in total. The van der Waals surface area contributed by atoms with Crippen molar-refractivity contribution in [1.29, 1.82) is 5.26 Å². The van der Waals surface area contributed by atoms with E-state index in [0.29, 0.717) is 6.10 Å². The highest BCUT2D eigenvalue weighted by molar-refractivity contribution is 5.34. The molecule has 1 aliphatic heterocycles. The molecule has 0 amide bonds. The average molecular weight is 262 g/mol. The smallest absolute Gasteiger partial charge is 0.140 e. The minimum atomic E-state index is -0.451. The first-order chi connectivity index (χ1) is 9.22. The van der Waals surface area contributed by atoms with Gasteiger partial charge >= 0.3 is 0 Å². The Bertz CT molecular complexity index is 464. The second kappa shape index (κ2) is 6.65. The lowest BCUT2D eigenvalue weighted by molar-refractivity contribution is 0.0725. The third-order valence-electron chi connectivity index (χ3n) is 3.49. The molecule has 102 valence electrons. The summed E-state index contributed by atoms with van der Waals surface area (Å²) in [4.78, 5) is 2.27. The standard InChI is InChI=1S/C15H19FN2O/c1-2-18(11-14-4-3-7-19-14)10-12-5-6-15(16)13(8-12)9-17/h5-6,8,14H,2-4,7,10-11H2,1H3. The monoisotopic (exact) mass is 262 g/mol. The third kappa shape index (κ3) is 3.76. The van der Waals surface area contributed by atoms with E-state index in [-0.39, 0.29) is 5.56 Å². The highest BCUT2D eigenvalue weighted by Crippen LogP contribution is 2.16. The van der Waals surface area contributed by atoms with Crippen LogP contribution in [0.4, 0.5) is 4.39 Å². The zero-order valence-corrected chi connectivity index (χ0v) is 11.2. The fraction of sp³-hybridized carbons (Fsp3) is 0.533. The molecule has 0 aliphatic carbocycles. The van der Waals surface area contributed by atoms with E-state index < -0.39 is 5.82 Å². The van der Waals surface area contributed by atoms with Crippen molar-refractivity contribution >= 4 is 0 Å². The largest absolute Gasteiger partial charge is 0.377 e. The van der Waals surface area contributed by atoms with Crippen molar-refractivity contribution in [2.75, 3.05) is 19.7 Å². The Labute approximate surface area is 113 Å². The molecule has 1 aliphatic rings. The molecule has 1 heterocycles. The number of hydrogen-bond acceptors (Lipinski definition) is 3. The van der Waals surface area contributed by atoms with Gasteiger partial charge in [-0.2, -0.15) is 5.26 Å². The van der Waals surface area contributed by atoms with Gasteiger partial charge in [0.15, 0.2) is 0 Å². The van der Waals surface area contributed by atoms with Crippen molar-refractivity contribution in [3.05, 3.63) is 35.1 Å². The number of benzene rings is 1. The normalized spacial score (nSPS) is 18.7. The van der Waals surface area contributed by atoms with Gasteiger partial charge in [0, 0.05) is 19.7 Å². The summed E-state index contributed by atoms with van der Waals surface area (Å²) in [5.74, 6) is -0.451. The number of likely N-dealkylation sites (N-methyl/N-ethyl adjacent to an activating group) is 1. The lowest BCUT2D eigenvalue weighted by atomic mass is 10.1. The lowest BCUT2D eigenvalue weighted by Crippen LogP contribution is -2.31. The Morgan fingerprint density at radius 2 is 2.37 bits per heavy atom. The summed E-state index contributed by atoms with van der Waals surface area (Å²) < 4.78 is 18.9. The molecule has 1 fully saturated rings. The maximum Gasteiger partial charge on any atom is 0.140 e. The topological polar surface area (TPSA) is 36.3 Å². The first-order valence-corrected chi connectivity index (χ1v) is 6.75. The molecular weight excluding hydrogens is 243 g/mol. The Balaban J connectivity index is 1.99. The van der Waals surface area contributed by atoms with Gasteiger partial charge in [0.1, 0.15) is 11.9 Å². The molecule has 0 radical (unpaired) electrons. The average Bonchev–Trinajstić information content (AvgIpc) is 2.93. The molecule has 0 aromatic heterocycles. The molecule has 0 spiro atoms. The number of nitriles is 1. The molecule has 0 saturated carbocycles. The van der Waals surface area contributed by atoms with Gasteiger partial charge in [-0.3, -0.25) is 4.90 Å². The van der Waals surface area contributed by atoms with Crippen LogP contribution in [0.3, 0.4) is 0 Å². The summed E-state index contributed by atoms with van der Waals surface area (Å²) in [5.41, 5.74) is 1.09. The summed E-state index contributed by atoms with van der Waals surface area (Å²) in [6.45, 7) is 5.50. The SMILES string of the molecule is CCN(Cc1ccc(F)c(C#N)c1)CC1CCCO1. The Morgan fingerprint density at radius 1 is 1.53 bits per heavy atom. The van der Waals surface area contributed by atoms with E-state index in [1.165, 1.54) is 6.07 Å². The first-order valence-electron chi connectivity index (χ1n) is 6.75. The highest BCUT2D eigenvalue weighted by Gasteiger charge is 2.18. The highest BCUT2D eigenvalue weighted by atomic mass is 19.1. The molecule has 0 N–H and O–H groups in total. The molecule has 19 heavy (non-hydrogen) atoms. The molecule has 1 saturated heterocycles. The predicted molar refractivity (Wildman–Crippen MR) is 71.0 cm³/mol. The van der Waals surface area contributed by atoms with Crippen LogP contribution in [0.5, 0.6) is 0 Å². The van der Waals surface area contributed by atoms with Crippen molar-refractivity contribution in [1.82, 2.24) is 4.90 Å². The lowest BCUT2D eigenvalue weighted by Gasteiger charge is -2.23. The minimum absolute atomic E-state index is 0.116. The van der Waals surface area contributed by atoms with Crippen LogP contribution in [0.2, 0.25) is 0 Å². The summed E-state index contributed by atoms with van der Waals surface area (Å²) in [5, 5.41) is 8.84.